The van der Waals surface area contributed by atoms with Crippen LogP contribution < -0.4 is 15.6 Å². The van der Waals surface area contributed by atoms with Crippen LogP contribution in [0.5, 0.6) is 0 Å². The summed E-state index contributed by atoms with van der Waals surface area (Å²) >= 11 is 12.6. The average molecular weight is 564 g/mol. The van der Waals surface area contributed by atoms with E-state index >= 15 is 0 Å². The molecule has 0 bridgehead atoms. The van der Waals surface area contributed by atoms with Gasteiger partial charge in [-0.1, -0.05) is 29.3 Å². The monoisotopic (exact) mass is 562 g/mol. The summed E-state index contributed by atoms with van der Waals surface area (Å²) in [6.07, 6.45) is 4.40. The molecule has 1 spiro atoms. The van der Waals surface area contributed by atoms with Crippen molar-refractivity contribution < 1.29 is 4.21 Å². The van der Waals surface area contributed by atoms with Crippen LogP contribution in [-0.4, -0.2) is 41.4 Å². The second-order valence-electron chi connectivity index (χ2n) is 10.9. The summed E-state index contributed by atoms with van der Waals surface area (Å²) in [6, 6.07) is 7.32. The van der Waals surface area contributed by atoms with E-state index in [-0.39, 0.29) is 16.9 Å². The summed E-state index contributed by atoms with van der Waals surface area (Å²) < 4.78 is 15.4. The summed E-state index contributed by atoms with van der Waals surface area (Å²) in [5.41, 5.74) is 2.15. The molecular formula is C26H32Cl2N6O2S. The van der Waals surface area contributed by atoms with Crippen molar-refractivity contribution in [3.8, 4) is 5.69 Å². The number of benzene rings is 1. The number of fused-ring (bicyclic) bond motifs is 1. The van der Waals surface area contributed by atoms with E-state index in [0.29, 0.717) is 32.9 Å². The number of hydrogen-bond donors (Lipinski definition) is 1. The predicted molar refractivity (Wildman–Crippen MR) is 149 cm³/mol. The van der Waals surface area contributed by atoms with Gasteiger partial charge in [0.15, 0.2) is 0 Å². The van der Waals surface area contributed by atoms with Gasteiger partial charge in [0, 0.05) is 42.9 Å². The molecule has 1 aromatic carbocycles. The number of aryl methyl sites for hydroxylation is 1. The number of nitrogens with zero attached hydrogens (tertiary/aromatic N) is 5. The molecule has 0 aliphatic carbocycles. The first-order valence-electron chi connectivity index (χ1n) is 12.4. The SMILES string of the molecule is Cc1c(N2CCC3(CC2)Cn2nccc2[C@H]3CC(C)(C)S(N)=O)nc(C)n(-c2cccc(Cl)c2Cl)c1=O. The quantitative estimate of drug-likeness (QED) is 0.492. The van der Waals surface area contributed by atoms with Crippen molar-refractivity contribution in [3.05, 3.63) is 67.9 Å². The number of hydrogen-bond acceptors (Lipinski definition) is 5. The van der Waals surface area contributed by atoms with Crippen LogP contribution in [0.4, 0.5) is 5.82 Å². The lowest BCUT2D eigenvalue weighted by molar-refractivity contribution is 0.156. The average Bonchev–Trinajstić information content (AvgIpc) is 3.40. The first-order chi connectivity index (χ1) is 17.4. The maximum atomic E-state index is 13.5. The fourth-order valence-electron chi connectivity index (χ4n) is 6.01. The molecule has 3 aromatic rings. The lowest BCUT2D eigenvalue weighted by atomic mass is 9.67. The van der Waals surface area contributed by atoms with Gasteiger partial charge in [-0.15, -0.1) is 0 Å². The first-order valence-corrected chi connectivity index (χ1v) is 14.4. The van der Waals surface area contributed by atoms with E-state index in [1.165, 1.54) is 10.3 Å². The van der Waals surface area contributed by atoms with Crippen molar-refractivity contribution in [1.82, 2.24) is 19.3 Å². The maximum absolute atomic E-state index is 13.5. The highest BCUT2D eigenvalue weighted by molar-refractivity contribution is 7.84. The molecule has 8 nitrogen and oxygen atoms in total. The first kappa shape index (κ1) is 26.4. The molecule has 1 fully saturated rings. The highest BCUT2D eigenvalue weighted by Gasteiger charge is 2.50. The van der Waals surface area contributed by atoms with Gasteiger partial charge in [-0.3, -0.25) is 19.2 Å². The summed E-state index contributed by atoms with van der Waals surface area (Å²) in [6.45, 7) is 9.95. The zero-order valence-electron chi connectivity index (χ0n) is 21.5. The minimum atomic E-state index is -1.43. The topological polar surface area (TPSA) is 99.0 Å². The van der Waals surface area contributed by atoms with Crippen LogP contribution in [0.15, 0.2) is 35.3 Å². The highest BCUT2D eigenvalue weighted by Crippen LogP contribution is 2.54. The molecule has 0 saturated carbocycles. The van der Waals surface area contributed by atoms with Crippen molar-refractivity contribution in [2.75, 3.05) is 18.0 Å². The van der Waals surface area contributed by atoms with Gasteiger partial charge in [-0.25, -0.2) is 9.19 Å². The largest absolute Gasteiger partial charge is 0.356 e. The smallest absolute Gasteiger partial charge is 0.263 e. The van der Waals surface area contributed by atoms with Crippen molar-refractivity contribution in [2.24, 2.45) is 10.6 Å². The number of piperidine rings is 1. The lowest BCUT2D eigenvalue weighted by Crippen LogP contribution is -2.46. The van der Waals surface area contributed by atoms with E-state index in [1.807, 2.05) is 33.9 Å². The summed E-state index contributed by atoms with van der Waals surface area (Å²) in [5.74, 6) is 1.48. The van der Waals surface area contributed by atoms with Crippen LogP contribution in [0.3, 0.4) is 0 Å². The van der Waals surface area contributed by atoms with Gasteiger partial charge in [-0.05, 0) is 65.2 Å². The maximum Gasteiger partial charge on any atom is 0.263 e. The molecule has 2 aromatic heterocycles. The van der Waals surface area contributed by atoms with Gasteiger partial charge in [-0.2, -0.15) is 5.10 Å². The Morgan fingerprint density at radius 1 is 1.19 bits per heavy atom. The van der Waals surface area contributed by atoms with Crippen molar-refractivity contribution in [1.29, 1.82) is 0 Å². The molecule has 4 heterocycles. The lowest BCUT2D eigenvalue weighted by Gasteiger charge is -2.44. The number of rotatable bonds is 5. The van der Waals surface area contributed by atoms with Gasteiger partial charge in [0.2, 0.25) is 0 Å². The van der Waals surface area contributed by atoms with Crippen molar-refractivity contribution in [3.63, 3.8) is 0 Å². The van der Waals surface area contributed by atoms with E-state index in [4.69, 9.17) is 33.3 Å². The highest BCUT2D eigenvalue weighted by atomic mass is 35.5. The number of halogens is 2. The van der Waals surface area contributed by atoms with Gasteiger partial charge in [0.25, 0.3) is 5.56 Å². The normalized spacial score (nSPS) is 19.9. The van der Waals surface area contributed by atoms with E-state index in [1.54, 1.807) is 18.2 Å². The second-order valence-corrected chi connectivity index (χ2v) is 13.4. The summed E-state index contributed by atoms with van der Waals surface area (Å²) in [7, 11) is -1.43. The molecule has 0 amide bonds. The van der Waals surface area contributed by atoms with E-state index in [0.717, 1.165) is 38.9 Å². The van der Waals surface area contributed by atoms with Crippen LogP contribution in [-0.2, 0) is 17.5 Å². The third kappa shape index (κ3) is 4.43. The standard InChI is InChI=1S/C26H32Cl2N6O2S/c1-16-23(31-17(2)34(24(16)35)21-7-5-6-19(27)22(21)28)32-12-9-26(10-13-32)15-33-20(8-11-30-33)18(26)14-25(3,4)37(29)36/h5-8,11,18H,9-10,12-15,29H2,1-4H3/t18-,37?/m1/s1. The Balaban J connectivity index is 1.43. The molecule has 0 radical (unpaired) electrons. The van der Waals surface area contributed by atoms with Crippen molar-refractivity contribution in [2.45, 2.75) is 64.2 Å². The Bertz CT molecular complexity index is 1440. The Morgan fingerprint density at radius 3 is 2.57 bits per heavy atom. The molecule has 1 unspecified atom stereocenters. The second kappa shape index (κ2) is 9.52. The molecule has 1 saturated heterocycles. The predicted octanol–water partition coefficient (Wildman–Crippen LogP) is 4.53. The molecule has 2 atom stereocenters. The molecule has 11 heteroatoms. The minimum absolute atomic E-state index is 0.00296. The summed E-state index contributed by atoms with van der Waals surface area (Å²) in [5, 5.41) is 11.1. The Kier molecular flexibility index (Phi) is 6.80. The zero-order chi connectivity index (χ0) is 26.7. The number of aromatic nitrogens is 4. The molecule has 37 heavy (non-hydrogen) atoms. The third-order valence-electron chi connectivity index (χ3n) is 8.23. The van der Waals surface area contributed by atoms with Crippen molar-refractivity contribution >= 4 is 40.0 Å². The molecule has 2 N–H and O–H groups in total. The van der Waals surface area contributed by atoms with E-state index < -0.39 is 15.7 Å². The fraction of sp³-hybridized carbons (Fsp3) is 0.500. The number of nitrogens with two attached hydrogens (primary N) is 1. The van der Waals surface area contributed by atoms with Crippen LogP contribution in [0, 0.1) is 19.3 Å². The molecule has 5 rings (SSSR count). The number of anilines is 1. The fourth-order valence-corrected chi connectivity index (χ4v) is 6.72. The van der Waals surface area contributed by atoms with Gasteiger partial charge in [0.05, 0.1) is 37.0 Å². The van der Waals surface area contributed by atoms with Gasteiger partial charge < -0.3 is 4.90 Å². The molecular weight excluding hydrogens is 531 g/mol. The zero-order valence-corrected chi connectivity index (χ0v) is 23.8. The molecule has 198 valence electrons. The van der Waals surface area contributed by atoms with Gasteiger partial charge >= 0.3 is 0 Å². The minimum Gasteiger partial charge on any atom is -0.356 e. The summed E-state index contributed by atoms with van der Waals surface area (Å²) in [4.78, 5) is 20.6. The van der Waals surface area contributed by atoms with E-state index in [9.17, 15) is 9.00 Å². The van der Waals surface area contributed by atoms with E-state index in [2.05, 4.69) is 20.7 Å². The van der Waals surface area contributed by atoms with Crippen LogP contribution in [0.25, 0.3) is 5.69 Å². The Morgan fingerprint density at radius 2 is 1.89 bits per heavy atom. The molecule has 2 aliphatic heterocycles. The third-order valence-corrected chi connectivity index (χ3v) is 10.3. The van der Waals surface area contributed by atoms with Gasteiger partial charge in [0.1, 0.15) is 11.6 Å². The Labute approximate surface area is 229 Å². The van der Waals surface area contributed by atoms with Crippen LogP contribution in [0.1, 0.15) is 56.1 Å². The Hall–Kier alpha value is -2.20. The van der Waals surface area contributed by atoms with Crippen LogP contribution in [0.2, 0.25) is 10.0 Å². The van der Waals surface area contributed by atoms with Crippen LogP contribution >= 0.6 is 23.2 Å². The molecule has 2 aliphatic rings.